The third-order valence-electron chi connectivity index (χ3n) is 4.38. The van der Waals surface area contributed by atoms with Crippen LogP contribution in [0.25, 0.3) is 0 Å². The Hall–Kier alpha value is -1.36. The van der Waals surface area contributed by atoms with E-state index in [0.29, 0.717) is 12.8 Å². The zero-order valence-corrected chi connectivity index (χ0v) is 13.2. The first kappa shape index (κ1) is 16.0. The van der Waals surface area contributed by atoms with Crippen molar-refractivity contribution in [2.45, 2.75) is 58.3 Å². The summed E-state index contributed by atoms with van der Waals surface area (Å²) < 4.78 is 16.7. The molecule has 2 aliphatic heterocycles. The van der Waals surface area contributed by atoms with Crippen LogP contribution in [0, 0.1) is 11.8 Å². The van der Waals surface area contributed by atoms with Gasteiger partial charge in [0.05, 0.1) is 24.9 Å². The molecule has 1 fully saturated rings. The van der Waals surface area contributed by atoms with E-state index in [2.05, 4.69) is 0 Å². The second-order valence-electron chi connectivity index (χ2n) is 5.92. The predicted molar refractivity (Wildman–Crippen MR) is 76.3 cm³/mol. The highest BCUT2D eigenvalue weighted by Gasteiger charge is 2.52. The maximum Gasteiger partial charge on any atom is 0.311 e. The van der Waals surface area contributed by atoms with Crippen LogP contribution >= 0.6 is 0 Å². The molecule has 0 aromatic heterocycles. The second kappa shape index (κ2) is 6.18. The standard InChI is InChI=1S/C16H24O5/c1-5-12-7-6-8-16(20-12)13(17)9-10(2)14(21-16)11(3)15(18)19-4/h7,10-11,14H,5-6,8-9H2,1-4H3/t10-,11+,14-,16-/m0/s1. The van der Waals surface area contributed by atoms with Gasteiger partial charge in [-0.25, -0.2) is 0 Å². The van der Waals surface area contributed by atoms with E-state index in [0.717, 1.165) is 18.6 Å². The molecule has 2 rings (SSSR count). The van der Waals surface area contributed by atoms with Crippen LogP contribution in [0.15, 0.2) is 11.8 Å². The van der Waals surface area contributed by atoms with Crippen molar-refractivity contribution in [2.24, 2.45) is 11.8 Å². The van der Waals surface area contributed by atoms with Crippen molar-refractivity contribution in [3.63, 3.8) is 0 Å². The van der Waals surface area contributed by atoms with Gasteiger partial charge in [0.1, 0.15) is 0 Å². The largest absolute Gasteiger partial charge is 0.469 e. The van der Waals surface area contributed by atoms with Crippen LogP contribution in [0.4, 0.5) is 0 Å². The van der Waals surface area contributed by atoms with E-state index in [4.69, 9.17) is 14.2 Å². The van der Waals surface area contributed by atoms with E-state index >= 15 is 0 Å². The van der Waals surface area contributed by atoms with E-state index in [9.17, 15) is 9.59 Å². The number of ketones is 1. The number of hydrogen-bond acceptors (Lipinski definition) is 5. The quantitative estimate of drug-likeness (QED) is 0.749. The maximum absolute atomic E-state index is 12.5. The highest BCUT2D eigenvalue weighted by atomic mass is 16.7. The molecular formula is C16H24O5. The van der Waals surface area contributed by atoms with Gasteiger partial charge in [0.15, 0.2) is 0 Å². The molecule has 1 spiro atoms. The second-order valence-corrected chi connectivity index (χ2v) is 5.92. The Kier molecular flexibility index (Phi) is 4.71. The van der Waals surface area contributed by atoms with Crippen LogP contribution in [-0.2, 0) is 23.8 Å². The molecule has 1 saturated heterocycles. The molecule has 0 aromatic carbocycles. The molecule has 0 aromatic rings. The van der Waals surface area contributed by atoms with Gasteiger partial charge in [-0.2, -0.15) is 0 Å². The molecule has 0 bridgehead atoms. The van der Waals surface area contributed by atoms with Gasteiger partial charge in [-0.15, -0.1) is 0 Å². The Bertz CT molecular complexity index is 456. The first-order chi connectivity index (χ1) is 9.93. The number of ether oxygens (including phenoxy) is 3. The Morgan fingerprint density at radius 1 is 1.57 bits per heavy atom. The lowest BCUT2D eigenvalue weighted by molar-refractivity contribution is -0.267. The molecular weight excluding hydrogens is 272 g/mol. The molecule has 5 heteroatoms. The highest BCUT2D eigenvalue weighted by molar-refractivity contribution is 5.87. The monoisotopic (exact) mass is 296 g/mol. The fraction of sp³-hybridized carbons (Fsp3) is 0.750. The van der Waals surface area contributed by atoms with Gasteiger partial charge in [0.25, 0.3) is 5.79 Å². The lowest BCUT2D eigenvalue weighted by atomic mass is 9.83. The summed E-state index contributed by atoms with van der Waals surface area (Å²) >= 11 is 0. The summed E-state index contributed by atoms with van der Waals surface area (Å²) in [6, 6.07) is 0. The van der Waals surface area contributed by atoms with E-state index < -0.39 is 11.7 Å². The average Bonchev–Trinajstić information content (AvgIpc) is 2.50. The molecule has 0 unspecified atom stereocenters. The van der Waals surface area contributed by atoms with Gasteiger partial charge < -0.3 is 14.2 Å². The Balaban J connectivity index is 2.22. The summed E-state index contributed by atoms with van der Waals surface area (Å²) in [6.45, 7) is 5.68. The summed E-state index contributed by atoms with van der Waals surface area (Å²) in [5.41, 5.74) is 0. The molecule has 0 radical (unpaired) electrons. The lowest BCUT2D eigenvalue weighted by Crippen LogP contribution is -2.56. The molecule has 0 amide bonds. The summed E-state index contributed by atoms with van der Waals surface area (Å²) in [6.07, 6.45) is 3.98. The number of allylic oxidation sites excluding steroid dienone is 2. The number of carbonyl (C=O) groups is 2. The number of Topliss-reactive ketones (excluding diaryl/α,β-unsaturated/α-hetero) is 1. The van der Waals surface area contributed by atoms with Crippen molar-refractivity contribution in [1.29, 1.82) is 0 Å². The molecule has 2 aliphatic rings. The van der Waals surface area contributed by atoms with Crippen molar-refractivity contribution in [2.75, 3.05) is 7.11 Å². The number of methoxy groups -OCH3 is 1. The fourth-order valence-corrected chi connectivity index (χ4v) is 3.10. The predicted octanol–water partition coefficient (Wildman–Crippen LogP) is 2.59. The molecule has 0 N–H and O–H groups in total. The topological polar surface area (TPSA) is 61.8 Å². The fourth-order valence-electron chi connectivity index (χ4n) is 3.10. The van der Waals surface area contributed by atoms with Crippen molar-refractivity contribution in [3.8, 4) is 0 Å². The Morgan fingerprint density at radius 2 is 2.29 bits per heavy atom. The van der Waals surface area contributed by atoms with Gasteiger partial charge >= 0.3 is 5.97 Å². The molecule has 0 saturated carbocycles. The smallest absolute Gasteiger partial charge is 0.311 e. The van der Waals surface area contributed by atoms with Gasteiger partial charge in [0.2, 0.25) is 5.78 Å². The summed E-state index contributed by atoms with van der Waals surface area (Å²) in [5, 5.41) is 0. The summed E-state index contributed by atoms with van der Waals surface area (Å²) in [5.74, 6) is -1.22. The van der Waals surface area contributed by atoms with Crippen molar-refractivity contribution >= 4 is 11.8 Å². The van der Waals surface area contributed by atoms with Crippen LogP contribution in [-0.4, -0.2) is 30.8 Å². The average molecular weight is 296 g/mol. The van der Waals surface area contributed by atoms with Crippen LogP contribution < -0.4 is 0 Å². The Morgan fingerprint density at radius 3 is 2.90 bits per heavy atom. The SMILES string of the molecule is CCC1=CCC[C@]2(O1)O[C@H]([C@@H](C)C(=O)OC)[C@@H](C)CC2=O. The van der Waals surface area contributed by atoms with Gasteiger partial charge in [0, 0.05) is 19.3 Å². The number of esters is 1. The number of carbonyl (C=O) groups excluding carboxylic acids is 2. The number of rotatable bonds is 3. The minimum absolute atomic E-state index is 0.0256. The maximum atomic E-state index is 12.5. The van der Waals surface area contributed by atoms with Crippen LogP contribution in [0.3, 0.4) is 0 Å². The van der Waals surface area contributed by atoms with E-state index in [-0.39, 0.29) is 23.8 Å². The minimum atomic E-state index is -1.21. The van der Waals surface area contributed by atoms with Crippen molar-refractivity contribution in [3.05, 3.63) is 11.8 Å². The molecule has 118 valence electrons. The van der Waals surface area contributed by atoms with Crippen LogP contribution in [0.1, 0.15) is 46.5 Å². The molecule has 2 heterocycles. The summed E-state index contributed by atoms with van der Waals surface area (Å²) in [7, 11) is 1.36. The molecule has 5 nitrogen and oxygen atoms in total. The third-order valence-corrected chi connectivity index (χ3v) is 4.38. The van der Waals surface area contributed by atoms with Crippen molar-refractivity contribution < 1.29 is 23.8 Å². The highest BCUT2D eigenvalue weighted by Crippen LogP contribution is 2.40. The first-order valence-corrected chi connectivity index (χ1v) is 7.60. The first-order valence-electron chi connectivity index (χ1n) is 7.60. The van der Waals surface area contributed by atoms with Gasteiger partial charge in [-0.1, -0.05) is 13.8 Å². The van der Waals surface area contributed by atoms with E-state index in [1.807, 2.05) is 19.9 Å². The molecule has 21 heavy (non-hydrogen) atoms. The molecule has 0 aliphatic carbocycles. The van der Waals surface area contributed by atoms with Gasteiger partial charge in [-0.05, 0) is 25.3 Å². The van der Waals surface area contributed by atoms with E-state index in [1.54, 1.807) is 6.92 Å². The number of hydrogen-bond donors (Lipinski definition) is 0. The zero-order valence-electron chi connectivity index (χ0n) is 13.2. The normalized spacial score (nSPS) is 34.1. The van der Waals surface area contributed by atoms with Crippen LogP contribution in [0.2, 0.25) is 0 Å². The zero-order chi connectivity index (χ0) is 15.6. The summed E-state index contributed by atoms with van der Waals surface area (Å²) in [4.78, 5) is 24.2. The lowest BCUT2D eigenvalue weighted by Gasteiger charge is -2.45. The third kappa shape index (κ3) is 2.98. The van der Waals surface area contributed by atoms with Crippen molar-refractivity contribution in [1.82, 2.24) is 0 Å². The molecule has 4 atom stereocenters. The Labute approximate surface area is 125 Å². The van der Waals surface area contributed by atoms with Gasteiger partial charge in [-0.3, -0.25) is 9.59 Å². The van der Waals surface area contributed by atoms with Crippen LogP contribution in [0.5, 0.6) is 0 Å². The minimum Gasteiger partial charge on any atom is -0.469 e. The van der Waals surface area contributed by atoms with E-state index in [1.165, 1.54) is 7.11 Å².